The largest absolute Gasteiger partial charge is 0.392 e. The first-order valence-corrected chi connectivity index (χ1v) is 17.9. The summed E-state index contributed by atoms with van der Waals surface area (Å²) >= 11 is 0. The van der Waals surface area contributed by atoms with Crippen molar-refractivity contribution in [2.24, 2.45) is 58.7 Å². The van der Waals surface area contributed by atoms with E-state index in [0.29, 0.717) is 24.2 Å². The smallest absolute Gasteiger partial charge is 0.178 e. The molecule has 5 rings (SSSR count). The molecule has 0 amide bonds. The Morgan fingerprint density at radius 1 is 0.857 bits per heavy atom. The van der Waals surface area contributed by atoms with Gasteiger partial charge in [0.2, 0.25) is 0 Å². The van der Waals surface area contributed by atoms with Crippen LogP contribution in [0.5, 0.6) is 0 Å². The minimum absolute atomic E-state index is 0.0579. The molecule has 5 fully saturated rings. The van der Waals surface area contributed by atoms with Gasteiger partial charge in [-0.3, -0.25) is 0 Å². The lowest BCUT2D eigenvalue weighted by atomic mass is 9.67. The molecule has 1 aliphatic heterocycles. The molecular weight excluding hydrogens is 528 g/mol. The molecule has 10 unspecified atom stereocenters. The molecule has 42 heavy (non-hydrogen) atoms. The molecule has 2 bridgehead atoms. The number of aliphatic hydroxyl groups is 3. The van der Waals surface area contributed by atoms with E-state index >= 15 is 0 Å². The van der Waals surface area contributed by atoms with Gasteiger partial charge >= 0.3 is 0 Å². The maximum Gasteiger partial charge on any atom is 0.178 e. The van der Waals surface area contributed by atoms with E-state index in [4.69, 9.17) is 14.2 Å². The van der Waals surface area contributed by atoms with Crippen LogP contribution in [0.25, 0.3) is 0 Å². The number of hydrogen-bond donors (Lipinski definition) is 3. The minimum atomic E-state index is -1.02. The lowest BCUT2D eigenvalue weighted by Crippen LogP contribution is -2.47. The SMILES string of the molecule is CC(C)CC(C(C)C)C1CCC(OCC(O)OC2C3CC(O)OC2C(C(O)C2CC2C(C)(C)C2CCCCC2)C3)CC1. The molecule has 4 saturated carbocycles. The van der Waals surface area contributed by atoms with Gasteiger partial charge in [-0.1, -0.05) is 60.8 Å². The van der Waals surface area contributed by atoms with Gasteiger partial charge in [0.15, 0.2) is 12.6 Å². The van der Waals surface area contributed by atoms with Gasteiger partial charge in [-0.2, -0.15) is 0 Å². The second-order valence-corrected chi connectivity index (χ2v) is 16.6. The van der Waals surface area contributed by atoms with Crippen molar-refractivity contribution in [3.05, 3.63) is 0 Å². The molecular formula is C36H64O6. The molecule has 0 spiro atoms. The molecule has 0 aromatic carbocycles. The van der Waals surface area contributed by atoms with Crippen LogP contribution in [0.1, 0.15) is 125 Å². The van der Waals surface area contributed by atoms with Crippen LogP contribution < -0.4 is 0 Å². The van der Waals surface area contributed by atoms with E-state index in [2.05, 4.69) is 41.5 Å². The second kappa shape index (κ2) is 14.0. The summed E-state index contributed by atoms with van der Waals surface area (Å²) in [5.74, 6) is 4.64. The molecule has 3 N–H and O–H groups in total. The maximum atomic E-state index is 11.6. The summed E-state index contributed by atoms with van der Waals surface area (Å²) in [7, 11) is 0. The van der Waals surface area contributed by atoms with E-state index < -0.39 is 18.7 Å². The van der Waals surface area contributed by atoms with Gasteiger partial charge < -0.3 is 29.5 Å². The maximum absolute atomic E-state index is 11.6. The Morgan fingerprint density at radius 2 is 1.55 bits per heavy atom. The van der Waals surface area contributed by atoms with Crippen molar-refractivity contribution in [1.29, 1.82) is 0 Å². The Morgan fingerprint density at radius 3 is 2.19 bits per heavy atom. The standard InChI is InChI=1S/C36H64O6/c1-21(2)16-27(22(3)4)23-12-14-26(15-13-23)40-20-32(38)42-34-24-17-29(35(34)41-31(37)18-24)33(39)28-19-30(28)36(5,6)25-10-8-7-9-11-25/h21-35,37-39H,7-20H2,1-6H3. The van der Waals surface area contributed by atoms with Crippen LogP contribution in [0.2, 0.25) is 0 Å². The van der Waals surface area contributed by atoms with Crippen molar-refractivity contribution in [2.75, 3.05) is 6.61 Å². The van der Waals surface area contributed by atoms with E-state index in [-0.39, 0.29) is 42.2 Å². The lowest BCUT2D eigenvalue weighted by Gasteiger charge is -2.39. The predicted molar refractivity (Wildman–Crippen MR) is 165 cm³/mol. The van der Waals surface area contributed by atoms with Gasteiger partial charge in [0.05, 0.1) is 31.0 Å². The summed E-state index contributed by atoms with van der Waals surface area (Å²) in [6.45, 7) is 14.4. The van der Waals surface area contributed by atoms with Gasteiger partial charge in [-0.25, -0.2) is 0 Å². The average Bonchev–Trinajstić information content (AvgIpc) is 3.74. The number of hydrogen-bond acceptors (Lipinski definition) is 6. The minimum Gasteiger partial charge on any atom is -0.392 e. The first kappa shape index (κ1) is 33.1. The van der Waals surface area contributed by atoms with Gasteiger partial charge in [-0.15, -0.1) is 0 Å². The van der Waals surface area contributed by atoms with Gasteiger partial charge in [0.1, 0.15) is 0 Å². The molecule has 4 aliphatic carbocycles. The predicted octanol–water partition coefficient (Wildman–Crippen LogP) is 6.93. The molecule has 10 atom stereocenters. The number of rotatable bonds is 13. The molecule has 244 valence electrons. The fourth-order valence-electron chi connectivity index (χ4n) is 10.1. The molecule has 0 radical (unpaired) electrons. The third-order valence-electron chi connectivity index (χ3n) is 12.6. The summed E-state index contributed by atoms with van der Waals surface area (Å²) in [6.07, 6.45) is 12.1. The number of fused-ring (bicyclic) bond motifs is 2. The monoisotopic (exact) mass is 592 g/mol. The zero-order valence-electron chi connectivity index (χ0n) is 27.6. The Hall–Kier alpha value is -0.240. The second-order valence-electron chi connectivity index (χ2n) is 16.6. The lowest BCUT2D eigenvalue weighted by molar-refractivity contribution is -0.261. The first-order valence-electron chi connectivity index (χ1n) is 17.9. The van der Waals surface area contributed by atoms with E-state index in [1.54, 1.807) is 0 Å². The van der Waals surface area contributed by atoms with Gasteiger partial charge in [0, 0.05) is 12.3 Å². The molecule has 6 heteroatoms. The highest BCUT2D eigenvalue weighted by Crippen LogP contribution is 2.60. The van der Waals surface area contributed by atoms with Crippen LogP contribution in [0, 0.1) is 58.7 Å². The molecule has 1 saturated heterocycles. The van der Waals surface area contributed by atoms with Crippen molar-refractivity contribution in [3.63, 3.8) is 0 Å². The Balaban J connectivity index is 1.10. The summed E-state index contributed by atoms with van der Waals surface area (Å²) in [4.78, 5) is 0. The topological polar surface area (TPSA) is 88.4 Å². The van der Waals surface area contributed by atoms with Crippen LogP contribution in [0.3, 0.4) is 0 Å². The summed E-state index contributed by atoms with van der Waals surface area (Å²) in [6, 6.07) is 0. The zero-order chi connectivity index (χ0) is 30.2. The van der Waals surface area contributed by atoms with Crippen LogP contribution in [-0.2, 0) is 14.2 Å². The van der Waals surface area contributed by atoms with E-state index in [0.717, 1.165) is 49.4 Å². The highest BCUT2D eigenvalue weighted by molar-refractivity contribution is 5.08. The summed E-state index contributed by atoms with van der Waals surface area (Å²) in [5.41, 5.74) is 0.257. The molecule has 0 aromatic rings. The van der Waals surface area contributed by atoms with Crippen molar-refractivity contribution in [1.82, 2.24) is 0 Å². The van der Waals surface area contributed by atoms with E-state index in [1.807, 2.05) is 0 Å². The summed E-state index contributed by atoms with van der Waals surface area (Å²) < 4.78 is 18.4. The Bertz CT molecular complexity index is 831. The van der Waals surface area contributed by atoms with Gasteiger partial charge in [0.25, 0.3) is 0 Å². The number of aliphatic hydroxyl groups excluding tert-OH is 3. The normalized spacial score (nSPS) is 39.9. The van der Waals surface area contributed by atoms with Gasteiger partial charge in [-0.05, 0) is 111 Å². The van der Waals surface area contributed by atoms with Crippen molar-refractivity contribution < 1.29 is 29.5 Å². The zero-order valence-corrected chi connectivity index (χ0v) is 27.6. The van der Waals surface area contributed by atoms with Crippen molar-refractivity contribution >= 4 is 0 Å². The van der Waals surface area contributed by atoms with E-state index in [1.165, 1.54) is 51.4 Å². The van der Waals surface area contributed by atoms with E-state index in [9.17, 15) is 15.3 Å². The summed E-state index contributed by atoms with van der Waals surface area (Å²) in [5, 5.41) is 32.9. The molecule has 5 aliphatic rings. The molecule has 6 nitrogen and oxygen atoms in total. The molecule has 1 heterocycles. The Labute approximate surface area is 256 Å². The quantitative estimate of drug-likeness (QED) is 0.201. The third-order valence-corrected chi connectivity index (χ3v) is 12.6. The van der Waals surface area contributed by atoms with Crippen LogP contribution in [-0.4, -0.2) is 58.9 Å². The van der Waals surface area contributed by atoms with Crippen LogP contribution in [0.4, 0.5) is 0 Å². The van der Waals surface area contributed by atoms with Crippen LogP contribution >= 0.6 is 0 Å². The highest BCUT2D eigenvalue weighted by Gasteiger charge is 2.59. The highest BCUT2D eigenvalue weighted by atomic mass is 16.7. The Kier molecular flexibility index (Phi) is 11.1. The fourth-order valence-corrected chi connectivity index (χ4v) is 10.1. The van der Waals surface area contributed by atoms with Crippen molar-refractivity contribution in [3.8, 4) is 0 Å². The first-order chi connectivity index (χ1) is 20.0. The fraction of sp³-hybridized carbons (Fsp3) is 1.00. The molecule has 0 aromatic heterocycles. The average molecular weight is 593 g/mol. The number of ether oxygens (including phenoxy) is 3. The van der Waals surface area contributed by atoms with Crippen LogP contribution in [0.15, 0.2) is 0 Å². The van der Waals surface area contributed by atoms with Crippen molar-refractivity contribution in [2.45, 2.75) is 162 Å². The third kappa shape index (κ3) is 7.58.